The van der Waals surface area contributed by atoms with Gasteiger partial charge in [-0.15, -0.1) is 34.5 Å². The van der Waals surface area contributed by atoms with E-state index in [2.05, 4.69) is 21.2 Å². The molecule has 2 rings (SSSR count). The first-order valence-corrected chi connectivity index (χ1v) is 8.61. The summed E-state index contributed by atoms with van der Waals surface area (Å²) in [5, 5.41) is 3.06. The van der Waals surface area contributed by atoms with Gasteiger partial charge < -0.3 is 5.32 Å². The molecule has 1 aromatic heterocycles. The Morgan fingerprint density at radius 3 is 2.68 bits per heavy atom. The minimum atomic E-state index is -0.400. The van der Waals surface area contributed by atoms with Crippen molar-refractivity contribution in [2.75, 3.05) is 5.88 Å². The summed E-state index contributed by atoms with van der Waals surface area (Å²) in [4.78, 5) is 13.1. The number of rotatable bonds is 4. The maximum Gasteiger partial charge on any atom is 0.226 e. The van der Waals surface area contributed by atoms with E-state index < -0.39 is 4.87 Å². The largest absolute Gasteiger partial charge is 0.348 e. The van der Waals surface area contributed by atoms with Crippen LogP contribution in [0.25, 0.3) is 0 Å². The average Bonchev–Trinajstić information content (AvgIpc) is 2.73. The van der Waals surface area contributed by atoms with Gasteiger partial charge in [0.1, 0.15) is 0 Å². The Labute approximate surface area is 136 Å². The van der Waals surface area contributed by atoms with Crippen molar-refractivity contribution in [3.63, 3.8) is 0 Å². The summed E-state index contributed by atoms with van der Waals surface area (Å²) in [5.74, 6) is 0.455. The summed E-state index contributed by atoms with van der Waals surface area (Å²) in [6, 6.07) is 4.03. The number of thiophene rings is 1. The van der Waals surface area contributed by atoms with Crippen molar-refractivity contribution >= 4 is 56.4 Å². The van der Waals surface area contributed by atoms with Crippen molar-refractivity contribution in [1.82, 2.24) is 5.32 Å². The number of hydrogen-bond donors (Lipinski definition) is 1. The molecule has 0 spiro atoms. The molecule has 1 atom stereocenters. The van der Waals surface area contributed by atoms with Gasteiger partial charge in [-0.05, 0) is 47.8 Å². The monoisotopic (exact) mass is 383 g/mol. The number of alkyl halides is 2. The Kier molecular flexibility index (Phi) is 4.56. The zero-order valence-corrected chi connectivity index (χ0v) is 14.7. The highest BCUT2D eigenvalue weighted by atomic mass is 79.9. The molecule has 1 aliphatic carbocycles. The number of carbonyl (C=O) groups excluding carboxylic acids is 1. The molecule has 1 aliphatic rings. The Morgan fingerprint density at radius 2 is 2.21 bits per heavy atom. The van der Waals surface area contributed by atoms with Gasteiger partial charge in [-0.3, -0.25) is 4.79 Å². The highest BCUT2D eigenvalue weighted by molar-refractivity contribution is 9.11. The molecule has 0 aromatic carbocycles. The molecule has 1 unspecified atom stereocenters. The molecule has 1 amide bonds. The molecule has 0 bridgehead atoms. The quantitative estimate of drug-likeness (QED) is 0.748. The SMILES string of the molecule is CC(NC(=O)[C@]1(C)C[C@@](Cl)(CCl)C1)c1ccc(Br)s1. The standard InChI is InChI=1S/C13H16BrCl2NOS/c1-8(9-3-4-10(14)19-9)17-11(18)12(2)5-13(16,6-12)7-15/h3-4,8H,5-7H2,1-2H3,(H,17,18)/t8?,12-,13+. The van der Waals surface area contributed by atoms with E-state index in [1.807, 2.05) is 26.0 Å². The van der Waals surface area contributed by atoms with Crippen LogP contribution in [0.3, 0.4) is 0 Å². The lowest BCUT2D eigenvalue weighted by molar-refractivity contribution is -0.136. The lowest BCUT2D eigenvalue weighted by Crippen LogP contribution is -2.55. The maximum atomic E-state index is 12.3. The minimum absolute atomic E-state index is 0.0157. The zero-order chi connectivity index (χ0) is 14.3. The van der Waals surface area contributed by atoms with Gasteiger partial charge in [0.25, 0.3) is 0 Å². The van der Waals surface area contributed by atoms with E-state index in [0.717, 1.165) is 8.66 Å². The fourth-order valence-corrected chi connectivity index (χ4v) is 4.81. The molecular formula is C13H16BrCl2NOS. The minimum Gasteiger partial charge on any atom is -0.348 e. The van der Waals surface area contributed by atoms with E-state index in [9.17, 15) is 4.79 Å². The van der Waals surface area contributed by atoms with Crippen molar-refractivity contribution in [2.45, 2.75) is 37.6 Å². The lowest BCUT2D eigenvalue weighted by Gasteiger charge is -2.49. The molecule has 2 nitrogen and oxygen atoms in total. The summed E-state index contributed by atoms with van der Waals surface area (Å²) in [5.41, 5.74) is -0.389. The van der Waals surface area contributed by atoms with Crippen LogP contribution in [0.2, 0.25) is 0 Å². The second-order valence-electron chi connectivity index (χ2n) is 5.54. The summed E-state index contributed by atoms with van der Waals surface area (Å²) in [6.07, 6.45) is 1.27. The van der Waals surface area contributed by atoms with Crippen LogP contribution in [0.1, 0.15) is 37.6 Å². The second-order valence-corrected chi connectivity index (χ2v) is 9.10. The maximum absolute atomic E-state index is 12.3. The van der Waals surface area contributed by atoms with Crippen LogP contribution in [0, 0.1) is 5.41 Å². The number of nitrogens with one attached hydrogen (secondary N) is 1. The topological polar surface area (TPSA) is 29.1 Å². The molecule has 1 heterocycles. The van der Waals surface area contributed by atoms with Crippen LogP contribution in [0.5, 0.6) is 0 Å². The Balaban J connectivity index is 1.95. The van der Waals surface area contributed by atoms with E-state index in [1.54, 1.807) is 11.3 Å². The van der Waals surface area contributed by atoms with E-state index in [-0.39, 0.29) is 17.4 Å². The summed E-state index contributed by atoms with van der Waals surface area (Å²) >= 11 is 17.1. The first-order valence-electron chi connectivity index (χ1n) is 6.09. The number of halogens is 3. The molecule has 1 aromatic rings. The number of carbonyl (C=O) groups is 1. The summed E-state index contributed by atoms with van der Waals surface area (Å²) in [6.45, 7) is 3.94. The highest BCUT2D eigenvalue weighted by Crippen LogP contribution is 2.53. The van der Waals surface area contributed by atoms with E-state index in [0.29, 0.717) is 18.7 Å². The van der Waals surface area contributed by atoms with Crippen LogP contribution >= 0.6 is 50.5 Å². The van der Waals surface area contributed by atoms with Crippen LogP contribution in [-0.2, 0) is 4.79 Å². The van der Waals surface area contributed by atoms with Crippen molar-refractivity contribution in [3.8, 4) is 0 Å². The predicted molar refractivity (Wildman–Crippen MR) is 85.2 cm³/mol. The number of hydrogen-bond acceptors (Lipinski definition) is 2. The van der Waals surface area contributed by atoms with Crippen LogP contribution < -0.4 is 5.32 Å². The molecule has 19 heavy (non-hydrogen) atoms. The van der Waals surface area contributed by atoms with Crippen LogP contribution in [-0.4, -0.2) is 16.7 Å². The van der Waals surface area contributed by atoms with Gasteiger partial charge in [0.15, 0.2) is 0 Å². The molecule has 0 aliphatic heterocycles. The van der Waals surface area contributed by atoms with Crippen LogP contribution in [0.15, 0.2) is 15.9 Å². The molecule has 1 N–H and O–H groups in total. The first-order chi connectivity index (χ1) is 8.78. The molecule has 6 heteroatoms. The highest BCUT2D eigenvalue weighted by Gasteiger charge is 2.54. The van der Waals surface area contributed by atoms with Crippen molar-refractivity contribution in [1.29, 1.82) is 0 Å². The van der Waals surface area contributed by atoms with Crippen molar-refractivity contribution < 1.29 is 4.79 Å². The predicted octanol–water partition coefficient (Wildman–Crippen LogP) is 4.70. The van der Waals surface area contributed by atoms with Crippen LogP contribution in [0.4, 0.5) is 0 Å². The number of amides is 1. The fraction of sp³-hybridized carbons (Fsp3) is 0.615. The summed E-state index contributed by atoms with van der Waals surface area (Å²) < 4.78 is 1.07. The van der Waals surface area contributed by atoms with Gasteiger partial charge in [0, 0.05) is 16.2 Å². The van der Waals surface area contributed by atoms with Gasteiger partial charge in [-0.2, -0.15) is 0 Å². The lowest BCUT2D eigenvalue weighted by atomic mass is 9.62. The second kappa shape index (κ2) is 5.55. The normalized spacial score (nSPS) is 31.6. The molecule has 106 valence electrons. The Morgan fingerprint density at radius 1 is 1.58 bits per heavy atom. The molecule has 0 radical (unpaired) electrons. The van der Waals surface area contributed by atoms with E-state index in [1.165, 1.54) is 0 Å². The Hall–Kier alpha value is 0.230. The van der Waals surface area contributed by atoms with Gasteiger partial charge in [0.2, 0.25) is 5.91 Å². The van der Waals surface area contributed by atoms with Gasteiger partial charge >= 0.3 is 0 Å². The molecule has 1 saturated carbocycles. The van der Waals surface area contributed by atoms with Crippen molar-refractivity contribution in [3.05, 3.63) is 20.8 Å². The average molecular weight is 385 g/mol. The first kappa shape index (κ1) is 15.6. The van der Waals surface area contributed by atoms with Crippen molar-refractivity contribution in [2.24, 2.45) is 5.41 Å². The van der Waals surface area contributed by atoms with Gasteiger partial charge in [0.05, 0.1) is 14.7 Å². The third-order valence-electron chi connectivity index (χ3n) is 3.57. The third-order valence-corrected chi connectivity index (χ3v) is 6.43. The Bertz CT molecular complexity index is 485. The van der Waals surface area contributed by atoms with E-state index >= 15 is 0 Å². The smallest absolute Gasteiger partial charge is 0.226 e. The van der Waals surface area contributed by atoms with Gasteiger partial charge in [-0.1, -0.05) is 6.92 Å². The molecule has 0 saturated heterocycles. The fourth-order valence-electron chi connectivity index (χ4n) is 2.60. The zero-order valence-electron chi connectivity index (χ0n) is 10.8. The van der Waals surface area contributed by atoms with Gasteiger partial charge in [-0.25, -0.2) is 0 Å². The third kappa shape index (κ3) is 3.29. The summed E-state index contributed by atoms with van der Waals surface area (Å²) in [7, 11) is 0. The van der Waals surface area contributed by atoms with E-state index in [4.69, 9.17) is 23.2 Å². The molecular weight excluding hydrogens is 369 g/mol. The molecule has 1 fully saturated rings.